The Labute approximate surface area is 127 Å². The first-order valence-corrected chi connectivity index (χ1v) is 7.39. The molecular weight excluding hydrogens is 272 g/mol. The summed E-state index contributed by atoms with van der Waals surface area (Å²) >= 11 is 0. The first-order chi connectivity index (χ1) is 10.7. The van der Waals surface area contributed by atoms with Gasteiger partial charge in [-0.25, -0.2) is 15.0 Å². The minimum absolute atomic E-state index is 0.151. The Bertz CT molecular complexity index is 1060. The molecule has 0 N–H and O–H groups in total. The van der Waals surface area contributed by atoms with E-state index in [0.29, 0.717) is 0 Å². The predicted octanol–water partition coefficient (Wildman–Crippen LogP) is 3.61. The molecule has 0 atom stereocenters. The van der Waals surface area contributed by atoms with Crippen molar-refractivity contribution < 1.29 is 0 Å². The van der Waals surface area contributed by atoms with Crippen LogP contribution in [0, 0.1) is 0 Å². The molecule has 5 rings (SSSR count). The van der Waals surface area contributed by atoms with E-state index in [-0.39, 0.29) is 5.41 Å². The van der Waals surface area contributed by atoms with E-state index in [9.17, 15) is 0 Å². The molecule has 0 spiro atoms. The van der Waals surface area contributed by atoms with Crippen LogP contribution in [0.15, 0.2) is 49.1 Å². The summed E-state index contributed by atoms with van der Waals surface area (Å²) in [6.07, 6.45) is 5.37. The van der Waals surface area contributed by atoms with E-state index in [2.05, 4.69) is 57.6 Å². The standard InChI is InChI=1S/C18H14N4/c1-18(2)13-7-3-5-11-12-6-4-8-20-17(12)22(15(11)13)14-9-19-10-21-16(14)18/h3-10H,1-2H3. The SMILES string of the molecule is CC1(C)c2ncncc2-n2c3ncccc3c3cccc1c32. The number of rotatable bonds is 0. The summed E-state index contributed by atoms with van der Waals surface area (Å²) in [5, 5.41) is 2.41. The fourth-order valence-corrected chi connectivity index (χ4v) is 3.73. The number of aromatic nitrogens is 4. The second kappa shape index (κ2) is 3.71. The van der Waals surface area contributed by atoms with Gasteiger partial charge in [-0.3, -0.25) is 4.57 Å². The Morgan fingerprint density at radius 1 is 1.00 bits per heavy atom. The topological polar surface area (TPSA) is 43.6 Å². The van der Waals surface area contributed by atoms with Crippen molar-refractivity contribution >= 4 is 21.9 Å². The number of para-hydroxylation sites is 1. The highest BCUT2D eigenvalue weighted by atomic mass is 15.1. The van der Waals surface area contributed by atoms with Crippen LogP contribution in [0.5, 0.6) is 0 Å². The number of nitrogens with zero attached hydrogens (tertiary/aromatic N) is 4. The Kier molecular flexibility index (Phi) is 2.00. The quantitative estimate of drug-likeness (QED) is 0.496. The average molecular weight is 286 g/mol. The summed E-state index contributed by atoms with van der Waals surface area (Å²) in [6.45, 7) is 4.45. The van der Waals surface area contributed by atoms with Crippen LogP contribution in [0.25, 0.3) is 27.6 Å². The molecular formula is C18H14N4. The monoisotopic (exact) mass is 286 g/mol. The smallest absolute Gasteiger partial charge is 0.145 e. The number of fused-ring (bicyclic) bond motifs is 5. The molecule has 4 heterocycles. The maximum absolute atomic E-state index is 4.62. The molecule has 0 aliphatic carbocycles. The van der Waals surface area contributed by atoms with Gasteiger partial charge in [0.15, 0.2) is 0 Å². The Morgan fingerprint density at radius 3 is 2.77 bits per heavy atom. The second-order valence-corrected chi connectivity index (χ2v) is 6.29. The normalized spacial score (nSPS) is 15.2. The van der Waals surface area contributed by atoms with Crippen LogP contribution in [-0.2, 0) is 5.41 Å². The molecule has 4 heteroatoms. The van der Waals surface area contributed by atoms with Gasteiger partial charge in [-0.2, -0.15) is 0 Å². The summed E-state index contributed by atoms with van der Waals surface area (Å²) in [5.41, 5.74) is 5.41. The minimum Gasteiger partial charge on any atom is -0.290 e. The van der Waals surface area contributed by atoms with Crippen LogP contribution < -0.4 is 0 Å². The first-order valence-electron chi connectivity index (χ1n) is 7.39. The molecule has 0 unspecified atom stereocenters. The van der Waals surface area contributed by atoms with Gasteiger partial charge in [-0.1, -0.05) is 18.2 Å². The van der Waals surface area contributed by atoms with Gasteiger partial charge in [0.05, 0.1) is 23.1 Å². The zero-order valence-electron chi connectivity index (χ0n) is 12.4. The third kappa shape index (κ3) is 1.21. The van der Waals surface area contributed by atoms with Crippen molar-refractivity contribution in [3.63, 3.8) is 0 Å². The van der Waals surface area contributed by atoms with Crippen LogP contribution in [0.3, 0.4) is 0 Å². The lowest BCUT2D eigenvalue weighted by Crippen LogP contribution is -2.27. The maximum atomic E-state index is 4.62. The van der Waals surface area contributed by atoms with Gasteiger partial charge >= 0.3 is 0 Å². The predicted molar refractivity (Wildman–Crippen MR) is 86.3 cm³/mol. The maximum Gasteiger partial charge on any atom is 0.145 e. The molecule has 3 aromatic heterocycles. The summed E-state index contributed by atoms with van der Waals surface area (Å²) in [6, 6.07) is 10.6. The third-order valence-electron chi connectivity index (χ3n) is 4.75. The fraction of sp³-hybridized carbons (Fsp3) is 0.167. The van der Waals surface area contributed by atoms with Crippen LogP contribution in [0.2, 0.25) is 0 Å². The fourth-order valence-electron chi connectivity index (χ4n) is 3.73. The van der Waals surface area contributed by atoms with E-state index < -0.39 is 0 Å². The Balaban J connectivity index is 2.15. The summed E-state index contributed by atoms with van der Waals surface area (Å²) in [7, 11) is 0. The number of hydrogen-bond donors (Lipinski definition) is 0. The van der Waals surface area contributed by atoms with Crippen LogP contribution in [-0.4, -0.2) is 19.5 Å². The molecule has 0 amide bonds. The van der Waals surface area contributed by atoms with Gasteiger partial charge in [-0.05, 0) is 31.5 Å². The van der Waals surface area contributed by atoms with E-state index in [1.54, 1.807) is 6.33 Å². The second-order valence-electron chi connectivity index (χ2n) is 6.29. The van der Waals surface area contributed by atoms with Gasteiger partial charge in [0.25, 0.3) is 0 Å². The van der Waals surface area contributed by atoms with Crippen molar-refractivity contribution in [2.75, 3.05) is 0 Å². The number of hydrogen-bond acceptors (Lipinski definition) is 3. The van der Waals surface area contributed by atoms with Crippen molar-refractivity contribution in [1.82, 2.24) is 19.5 Å². The Morgan fingerprint density at radius 2 is 1.86 bits per heavy atom. The van der Waals surface area contributed by atoms with E-state index >= 15 is 0 Å². The molecule has 22 heavy (non-hydrogen) atoms. The highest BCUT2D eigenvalue weighted by Crippen LogP contribution is 2.45. The minimum atomic E-state index is -0.151. The van der Waals surface area contributed by atoms with Crippen molar-refractivity contribution in [2.24, 2.45) is 0 Å². The van der Waals surface area contributed by atoms with E-state index in [1.807, 2.05) is 18.5 Å². The molecule has 4 aromatic rings. The summed E-state index contributed by atoms with van der Waals surface area (Å²) in [5.74, 6) is 0. The molecule has 0 fully saturated rings. The number of benzene rings is 1. The number of pyridine rings is 1. The van der Waals surface area contributed by atoms with Crippen molar-refractivity contribution in [3.8, 4) is 5.69 Å². The molecule has 0 saturated carbocycles. The van der Waals surface area contributed by atoms with E-state index in [0.717, 1.165) is 17.0 Å². The van der Waals surface area contributed by atoms with E-state index in [1.165, 1.54) is 21.9 Å². The highest BCUT2D eigenvalue weighted by Gasteiger charge is 2.36. The zero-order chi connectivity index (χ0) is 14.9. The molecule has 0 radical (unpaired) electrons. The molecule has 1 aliphatic heterocycles. The van der Waals surface area contributed by atoms with Crippen molar-refractivity contribution in [1.29, 1.82) is 0 Å². The third-order valence-corrected chi connectivity index (χ3v) is 4.75. The lowest BCUT2D eigenvalue weighted by Gasteiger charge is -2.32. The molecule has 0 bridgehead atoms. The van der Waals surface area contributed by atoms with Crippen LogP contribution in [0.4, 0.5) is 0 Å². The van der Waals surface area contributed by atoms with Gasteiger partial charge in [0.2, 0.25) is 0 Å². The van der Waals surface area contributed by atoms with Gasteiger partial charge in [0, 0.05) is 22.4 Å². The van der Waals surface area contributed by atoms with Crippen molar-refractivity contribution in [2.45, 2.75) is 19.3 Å². The zero-order valence-corrected chi connectivity index (χ0v) is 12.4. The first kappa shape index (κ1) is 11.9. The van der Waals surface area contributed by atoms with Gasteiger partial charge in [-0.15, -0.1) is 0 Å². The molecule has 0 saturated heterocycles. The van der Waals surface area contributed by atoms with Crippen molar-refractivity contribution in [3.05, 3.63) is 60.3 Å². The van der Waals surface area contributed by atoms with Crippen LogP contribution in [0.1, 0.15) is 25.1 Å². The molecule has 1 aromatic carbocycles. The average Bonchev–Trinajstić information content (AvgIpc) is 2.88. The summed E-state index contributed by atoms with van der Waals surface area (Å²) in [4.78, 5) is 13.5. The molecule has 106 valence electrons. The Hall–Kier alpha value is -2.75. The lowest BCUT2D eigenvalue weighted by atomic mass is 9.78. The van der Waals surface area contributed by atoms with Gasteiger partial charge < -0.3 is 0 Å². The molecule has 1 aliphatic rings. The van der Waals surface area contributed by atoms with Gasteiger partial charge in [0.1, 0.15) is 12.0 Å². The largest absolute Gasteiger partial charge is 0.290 e. The highest BCUT2D eigenvalue weighted by molar-refractivity contribution is 6.10. The van der Waals surface area contributed by atoms with E-state index in [4.69, 9.17) is 0 Å². The lowest BCUT2D eigenvalue weighted by molar-refractivity contribution is 0.602. The van der Waals surface area contributed by atoms with Crippen LogP contribution >= 0.6 is 0 Å². The molecule has 4 nitrogen and oxygen atoms in total. The summed E-state index contributed by atoms with van der Waals surface area (Å²) < 4.78 is 2.21.